The number of hydrogen-bond donors (Lipinski definition) is 2. The molecule has 2 N–H and O–H groups in total. The van der Waals surface area contributed by atoms with E-state index in [9.17, 15) is 14.4 Å². The van der Waals surface area contributed by atoms with E-state index in [2.05, 4.69) is 31.2 Å². The molecule has 0 unspecified atom stereocenters. The number of rotatable bonds is 5. The number of carbonyl (C=O) groups excluding carboxylic acids is 2. The number of carbonyl (C=O) groups is 2. The summed E-state index contributed by atoms with van der Waals surface area (Å²) in [6.45, 7) is 1.57. The Morgan fingerprint density at radius 3 is 2.83 bits per heavy atom. The lowest BCUT2D eigenvalue weighted by Crippen LogP contribution is -2.20. The Hall–Kier alpha value is -2.13. The first-order valence-corrected chi connectivity index (χ1v) is 8.56. The van der Waals surface area contributed by atoms with Crippen molar-refractivity contribution in [2.75, 3.05) is 18.2 Å². The van der Waals surface area contributed by atoms with E-state index in [4.69, 9.17) is 4.74 Å². The first-order chi connectivity index (χ1) is 11.4. The van der Waals surface area contributed by atoms with Crippen LogP contribution >= 0.6 is 27.7 Å². The Bertz CT molecular complexity index is 838. The predicted octanol–water partition coefficient (Wildman–Crippen LogP) is 2.36. The molecule has 0 atom stereocenters. The van der Waals surface area contributed by atoms with Crippen LogP contribution in [0.3, 0.4) is 0 Å². The first-order valence-electron chi connectivity index (χ1n) is 6.78. The molecule has 0 bridgehead atoms. The van der Waals surface area contributed by atoms with Gasteiger partial charge in [-0.1, -0.05) is 33.8 Å². The lowest BCUT2D eigenvalue weighted by molar-refractivity contribution is -0.113. The Morgan fingerprint density at radius 1 is 1.42 bits per heavy atom. The molecule has 0 aliphatic carbocycles. The van der Waals surface area contributed by atoms with Crippen molar-refractivity contribution in [3.05, 3.63) is 50.5 Å². The Balaban J connectivity index is 2.12. The minimum absolute atomic E-state index is 0.00754. The highest BCUT2D eigenvalue weighted by Crippen LogP contribution is 2.22. The highest BCUT2D eigenvalue weighted by Gasteiger charge is 2.19. The standard InChI is InChI=1S/C15H14BrN3O4S/c1-8-12(14(21)23-2)13(19-15(22)17-8)24-7-11(20)18-10-5-3-4-9(16)6-10/h3-6H,7H2,1-2H3,(H,18,20)(H,17,19,22). The number of H-pyrrole nitrogens is 1. The van der Waals surface area contributed by atoms with Crippen molar-refractivity contribution < 1.29 is 14.3 Å². The summed E-state index contributed by atoms with van der Waals surface area (Å²) < 4.78 is 5.53. The number of nitrogens with zero attached hydrogens (tertiary/aromatic N) is 1. The number of nitrogens with one attached hydrogen (secondary N) is 2. The van der Waals surface area contributed by atoms with Gasteiger partial charge in [0.1, 0.15) is 10.6 Å². The van der Waals surface area contributed by atoms with Crippen LogP contribution in [0.1, 0.15) is 16.1 Å². The number of benzene rings is 1. The number of amides is 1. The molecular weight excluding hydrogens is 398 g/mol. The van der Waals surface area contributed by atoms with Gasteiger partial charge in [-0.25, -0.2) is 9.59 Å². The summed E-state index contributed by atoms with van der Waals surface area (Å²) in [6.07, 6.45) is 0. The fraction of sp³-hybridized carbons (Fsp3) is 0.200. The Kier molecular flexibility index (Phi) is 6.16. The van der Waals surface area contributed by atoms with Crippen molar-refractivity contribution in [3.63, 3.8) is 0 Å². The van der Waals surface area contributed by atoms with Gasteiger partial charge < -0.3 is 15.0 Å². The monoisotopic (exact) mass is 411 g/mol. The van der Waals surface area contributed by atoms with E-state index in [1.54, 1.807) is 25.1 Å². The van der Waals surface area contributed by atoms with Crippen LogP contribution in [0.25, 0.3) is 0 Å². The molecule has 2 rings (SSSR count). The van der Waals surface area contributed by atoms with E-state index >= 15 is 0 Å². The maximum absolute atomic E-state index is 12.0. The zero-order valence-electron chi connectivity index (χ0n) is 12.9. The lowest BCUT2D eigenvalue weighted by Gasteiger charge is -2.09. The van der Waals surface area contributed by atoms with Crippen molar-refractivity contribution in [1.82, 2.24) is 9.97 Å². The topological polar surface area (TPSA) is 101 Å². The SMILES string of the molecule is COC(=O)c1c(SCC(=O)Nc2cccc(Br)c2)nc(=O)[nH]c1C. The molecule has 0 spiro atoms. The van der Waals surface area contributed by atoms with E-state index in [-0.39, 0.29) is 22.2 Å². The molecule has 0 radical (unpaired) electrons. The van der Waals surface area contributed by atoms with Gasteiger partial charge in [0, 0.05) is 15.9 Å². The van der Waals surface area contributed by atoms with Crippen molar-refractivity contribution in [1.29, 1.82) is 0 Å². The number of hydrogen-bond acceptors (Lipinski definition) is 6. The third-order valence-corrected chi connectivity index (χ3v) is 4.39. The van der Waals surface area contributed by atoms with E-state index in [1.807, 2.05) is 6.07 Å². The van der Waals surface area contributed by atoms with Gasteiger partial charge in [-0.05, 0) is 25.1 Å². The second-order valence-corrected chi connectivity index (χ2v) is 6.57. The van der Waals surface area contributed by atoms with Crippen LogP contribution in [0.4, 0.5) is 5.69 Å². The number of ether oxygens (including phenoxy) is 1. The van der Waals surface area contributed by atoms with E-state index < -0.39 is 11.7 Å². The second-order valence-electron chi connectivity index (χ2n) is 4.69. The summed E-state index contributed by atoms with van der Waals surface area (Å²) in [5.41, 5.74) is 0.544. The van der Waals surface area contributed by atoms with Crippen LogP contribution in [-0.4, -0.2) is 34.7 Å². The number of anilines is 1. The molecular formula is C15H14BrN3O4S. The van der Waals surface area contributed by atoms with E-state index in [0.29, 0.717) is 11.4 Å². The minimum Gasteiger partial charge on any atom is -0.465 e. The maximum Gasteiger partial charge on any atom is 0.346 e. The van der Waals surface area contributed by atoms with Crippen LogP contribution in [0, 0.1) is 6.92 Å². The number of aromatic nitrogens is 2. The number of aryl methyl sites for hydroxylation is 1. The average Bonchev–Trinajstić information content (AvgIpc) is 2.51. The zero-order valence-corrected chi connectivity index (χ0v) is 15.3. The molecule has 0 aliphatic heterocycles. The molecule has 9 heteroatoms. The fourth-order valence-corrected chi connectivity index (χ4v) is 3.17. The Morgan fingerprint density at radius 2 is 2.17 bits per heavy atom. The smallest absolute Gasteiger partial charge is 0.346 e. The molecule has 2 aromatic rings. The summed E-state index contributed by atoms with van der Waals surface area (Å²) in [6, 6.07) is 7.15. The van der Waals surface area contributed by atoms with Crippen LogP contribution in [0.5, 0.6) is 0 Å². The van der Waals surface area contributed by atoms with Gasteiger partial charge in [-0.2, -0.15) is 4.98 Å². The third kappa shape index (κ3) is 4.68. The Labute approximate surface area is 150 Å². The van der Waals surface area contributed by atoms with E-state index in [0.717, 1.165) is 16.2 Å². The minimum atomic E-state index is -0.619. The molecule has 0 aliphatic rings. The summed E-state index contributed by atoms with van der Waals surface area (Å²) in [5.74, 6) is -0.911. The summed E-state index contributed by atoms with van der Waals surface area (Å²) in [5, 5.41) is 2.88. The van der Waals surface area contributed by atoms with Crippen LogP contribution in [0.2, 0.25) is 0 Å². The molecule has 1 aromatic carbocycles. The quantitative estimate of drug-likeness (QED) is 0.444. The average molecular weight is 412 g/mol. The molecule has 0 fully saturated rings. The first kappa shape index (κ1) is 18.2. The normalized spacial score (nSPS) is 10.3. The number of thioether (sulfide) groups is 1. The predicted molar refractivity (Wildman–Crippen MR) is 94.4 cm³/mol. The fourth-order valence-electron chi connectivity index (χ4n) is 1.90. The summed E-state index contributed by atoms with van der Waals surface area (Å²) in [4.78, 5) is 41.6. The number of halogens is 1. The number of methoxy groups -OCH3 is 1. The van der Waals surface area contributed by atoms with Crippen molar-refractivity contribution in [3.8, 4) is 0 Å². The van der Waals surface area contributed by atoms with Crippen molar-refractivity contribution >= 4 is 45.3 Å². The molecule has 1 heterocycles. The van der Waals surface area contributed by atoms with Gasteiger partial charge in [0.25, 0.3) is 0 Å². The second kappa shape index (κ2) is 8.11. The van der Waals surface area contributed by atoms with Crippen molar-refractivity contribution in [2.24, 2.45) is 0 Å². The van der Waals surface area contributed by atoms with Crippen LogP contribution in [-0.2, 0) is 9.53 Å². The third-order valence-electron chi connectivity index (χ3n) is 2.92. The van der Waals surface area contributed by atoms with Gasteiger partial charge in [0.2, 0.25) is 5.91 Å². The zero-order chi connectivity index (χ0) is 17.7. The van der Waals surface area contributed by atoms with Gasteiger partial charge in [-0.3, -0.25) is 4.79 Å². The number of aromatic amines is 1. The lowest BCUT2D eigenvalue weighted by atomic mass is 10.2. The molecule has 24 heavy (non-hydrogen) atoms. The van der Waals surface area contributed by atoms with Gasteiger partial charge >= 0.3 is 11.7 Å². The maximum atomic E-state index is 12.0. The molecule has 1 aromatic heterocycles. The van der Waals surface area contributed by atoms with Crippen molar-refractivity contribution in [2.45, 2.75) is 11.9 Å². The molecule has 1 amide bonds. The molecule has 0 saturated carbocycles. The molecule has 126 valence electrons. The van der Waals surface area contributed by atoms with Gasteiger partial charge in [0.05, 0.1) is 12.9 Å². The highest BCUT2D eigenvalue weighted by atomic mass is 79.9. The largest absolute Gasteiger partial charge is 0.465 e. The van der Waals surface area contributed by atoms with Gasteiger partial charge in [-0.15, -0.1) is 0 Å². The van der Waals surface area contributed by atoms with Crippen LogP contribution < -0.4 is 11.0 Å². The summed E-state index contributed by atoms with van der Waals surface area (Å²) in [7, 11) is 1.24. The van der Waals surface area contributed by atoms with Crippen LogP contribution in [0.15, 0.2) is 38.6 Å². The number of esters is 1. The molecule has 7 nitrogen and oxygen atoms in total. The van der Waals surface area contributed by atoms with E-state index in [1.165, 1.54) is 7.11 Å². The summed E-state index contributed by atoms with van der Waals surface area (Å²) >= 11 is 4.32. The molecule has 0 saturated heterocycles. The highest BCUT2D eigenvalue weighted by molar-refractivity contribution is 9.10. The van der Waals surface area contributed by atoms with Gasteiger partial charge in [0.15, 0.2) is 0 Å².